The number of pyridine rings is 2. The summed E-state index contributed by atoms with van der Waals surface area (Å²) < 4.78 is 0. The molecule has 0 N–H and O–H groups in total. The number of nitrogens with zero attached hydrogens (tertiary/aromatic N) is 4. The lowest BCUT2D eigenvalue weighted by Crippen LogP contribution is -2.27. The van der Waals surface area contributed by atoms with Gasteiger partial charge in [-0.15, -0.1) is 0 Å². The van der Waals surface area contributed by atoms with Crippen molar-refractivity contribution < 1.29 is 4.79 Å². The van der Waals surface area contributed by atoms with Crippen LogP contribution in [0.15, 0.2) is 30.5 Å². The smallest absolute Gasteiger partial charge is 0.255 e. The number of hydrogen-bond acceptors (Lipinski definition) is 4. The fourth-order valence-electron chi connectivity index (χ4n) is 2.32. The molecule has 0 radical (unpaired) electrons. The predicted octanol–water partition coefficient (Wildman–Crippen LogP) is 2.43. The standard InChI is InChI=1S/C17H22N4O/c1-12-8-13(2)19-15(9-12)11-21(5)17(22)14-6-7-16(18-10-14)20(3)4/h6-10H,11H2,1-5H3. The molecule has 0 unspecified atom stereocenters. The van der Waals surface area contributed by atoms with Crippen molar-refractivity contribution in [3.05, 3.63) is 53.0 Å². The number of rotatable bonds is 4. The molecule has 0 aliphatic rings. The Hall–Kier alpha value is -2.43. The summed E-state index contributed by atoms with van der Waals surface area (Å²) in [7, 11) is 5.62. The zero-order valence-corrected chi connectivity index (χ0v) is 13.8. The third-order valence-corrected chi connectivity index (χ3v) is 3.35. The van der Waals surface area contributed by atoms with Crippen LogP contribution in [-0.2, 0) is 6.54 Å². The lowest BCUT2D eigenvalue weighted by atomic mass is 10.2. The highest BCUT2D eigenvalue weighted by Crippen LogP contribution is 2.12. The molecule has 0 atom stereocenters. The molecule has 2 heterocycles. The van der Waals surface area contributed by atoms with Crippen LogP contribution in [0.3, 0.4) is 0 Å². The lowest BCUT2D eigenvalue weighted by Gasteiger charge is -2.18. The monoisotopic (exact) mass is 298 g/mol. The van der Waals surface area contributed by atoms with E-state index in [1.54, 1.807) is 24.2 Å². The third-order valence-electron chi connectivity index (χ3n) is 3.35. The molecule has 1 amide bonds. The Balaban J connectivity index is 2.11. The van der Waals surface area contributed by atoms with Gasteiger partial charge in [0.2, 0.25) is 0 Å². The zero-order chi connectivity index (χ0) is 16.3. The highest BCUT2D eigenvalue weighted by Gasteiger charge is 2.13. The van der Waals surface area contributed by atoms with Crippen LogP contribution in [0.1, 0.15) is 27.3 Å². The molecule has 2 rings (SSSR count). The molecule has 5 nitrogen and oxygen atoms in total. The number of aromatic nitrogens is 2. The van der Waals surface area contributed by atoms with E-state index in [-0.39, 0.29) is 5.91 Å². The Morgan fingerprint density at radius 2 is 1.86 bits per heavy atom. The molecule has 5 heteroatoms. The Labute approximate surface area is 131 Å². The second-order valence-corrected chi connectivity index (χ2v) is 5.74. The van der Waals surface area contributed by atoms with E-state index in [0.29, 0.717) is 12.1 Å². The van der Waals surface area contributed by atoms with Crippen molar-refractivity contribution in [3.63, 3.8) is 0 Å². The summed E-state index contributed by atoms with van der Waals surface area (Å²) in [6, 6.07) is 7.67. The number of anilines is 1. The average molecular weight is 298 g/mol. The van der Waals surface area contributed by atoms with Gasteiger partial charge in [-0.1, -0.05) is 0 Å². The highest BCUT2D eigenvalue weighted by atomic mass is 16.2. The first kappa shape index (κ1) is 15.9. The molecule has 0 spiro atoms. The van der Waals surface area contributed by atoms with Gasteiger partial charge >= 0.3 is 0 Å². The van der Waals surface area contributed by atoms with Gasteiger partial charge in [0.05, 0.1) is 17.8 Å². The van der Waals surface area contributed by atoms with Crippen molar-refractivity contribution >= 4 is 11.7 Å². The zero-order valence-electron chi connectivity index (χ0n) is 13.8. The maximum absolute atomic E-state index is 12.4. The molecule has 0 saturated heterocycles. The predicted molar refractivity (Wildman–Crippen MR) is 88.1 cm³/mol. The SMILES string of the molecule is Cc1cc(C)nc(CN(C)C(=O)c2ccc(N(C)C)nc2)c1. The van der Waals surface area contributed by atoms with Crippen LogP contribution in [-0.4, -0.2) is 41.9 Å². The summed E-state index contributed by atoms with van der Waals surface area (Å²) in [5.41, 5.74) is 3.59. The first-order valence-corrected chi connectivity index (χ1v) is 7.20. The molecule has 0 bridgehead atoms. The summed E-state index contributed by atoms with van der Waals surface area (Å²) in [5, 5.41) is 0. The van der Waals surface area contributed by atoms with Crippen LogP contribution in [0, 0.1) is 13.8 Å². The molecule has 116 valence electrons. The van der Waals surface area contributed by atoms with Crippen molar-refractivity contribution in [2.24, 2.45) is 0 Å². The van der Waals surface area contributed by atoms with E-state index in [0.717, 1.165) is 22.8 Å². The van der Waals surface area contributed by atoms with Gasteiger partial charge in [-0.2, -0.15) is 0 Å². The van der Waals surface area contributed by atoms with Gasteiger partial charge in [0.25, 0.3) is 5.91 Å². The van der Waals surface area contributed by atoms with E-state index in [9.17, 15) is 4.79 Å². The number of carbonyl (C=O) groups excluding carboxylic acids is 1. The largest absolute Gasteiger partial charge is 0.363 e. The van der Waals surface area contributed by atoms with E-state index in [1.165, 1.54) is 0 Å². The van der Waals surface area contributed by atoms with Gasteiger partial charge in [-0.05, 0) is 43.7 Å². The summed E-state index contributed by atoms with van der Waals surface area (Å²) in [5.74, 6) is 0.772. The maximum Gasteiger partial charge on any atom is 0.255 e. The molecule has 0 aliphatic carbocycles. The first-order valence-electron chi connectivity index (χ1n) is 7.20. The van der Waals surface area contributed by atoms with E-state index in [2.05, 4.69) is 9.97 Å². The fraction of sp³-hybridized carbons (Fsp3) is 0.353. The van der Waals surface area contributed by atoms with E-state index in [4.69, 9.17) is 0 Å². The van der Waals surface area contributed by atoms with Gasteiger partial charge in [0.1, 0.15) is 5.82 Å². The van der Waals surface area contributed by atoms with Crippen molar-refractivity contribution in [3.8, 4) is 0 Å². The van der Waals surface area contributed by atoms with Crippen LogP contribution >= 0.6 is 0 Å². The Bertz CT molecular complexity index is 645. The van der Waals surface area contributed by atoms with Crippen molar-refractivity contribution in [1.29, 1.82) is 0 Å². The molecule has 0 aliphatic heterocycles. The van der Waals surface area contributed by atoms with Crippen LogP contribution in [0.25, 0.3) is 0 Å². The summed E-state index contributed by atoms with van der Waals surface area (Å²) in [4.78, 5) is 24.8. The molecule has 0 saturated carbocycles. The van der Waals surface area contributed by atoms with Crippen molar-refractivity contribution in [1.82, 2.24) is 14.9 Å². The average Bonchev–Trinajstić information content (AvgIpc) is 2.45. The summed E-state index contributed by atoms with van der Waals surface area (Å²) >= 11 is 0. The van der Waals surface area contributed by atoms with Gasteiger partial charge < -0.3 is 9.80 Å². The van der Waals surface area contributed by atoms with Crippen LogP contribution < -0.4 is 4.90 Å². The Morgan fingerprint density at radius 1 is 1.14 bits per heavy atom. The van der Waals surface area contributed by atoms with Gasteiger partial charge in [-0.25, -0.2) is 4.98 Å². The number of hydrogen-bond donors (Lipinski definition) is 0. The molecule has 0 aromatic carbocycles. The normalized spacial score (nSPS) is 10.4. The lowest BCUT2D eigenvalue weighted by molar-refractivity contribution is 0.0783. The second kappa shape index (κ2) is 6.56. The van der Waals surface area contributed by atoms with Gasteiger partial charge in [0, 0.05) is 33.0 Å². The van der Waals surface area contributed by atoms with E-state index in [1.807, 2.05) is 51.0 Å². The van der Waals surface area contributed by atoms with E-state index < -0.39 is 0 Å². The minimum Gasteiger partial charge on any atom is -0.363 e. The number of amides is 1. The third kappa shape index (κ3) is 3.81. The molecule has 22 heavy (non-hydrogen) atoms. The molecule has 2 aromatic rings. The van der Waals surface area contributed by atoms with Gasteiger partial charge in [-0.3, -0.25) is 9.78 Å². The van der Waals surface area contributed by atoms with E-state index >= 15 is 0 Å². The minimum absolute atomic E-state index is 0.0567. The van der Waals surface area contributed by atoms with Crippen molar-refractivity contribution in [2.45, 2.75) is 20.4 Å². The molecular formula is C17H22N4O. The first-order chi connectivity index (χ1) is 10.4. The van der Waals surface area contributed by atoms with Gasteiger partial charge in [0.15, 0.2) is 0 Å². The van der Waals surface area contributed by atoms with Crippen molar-refractivity contribution in [2.75, 3.05) is 26.0 Å². The number of aryl methyl sites for hydroxylation is 2. The summed E-state index contributed by atoms with van der Waals surface area (Å²) in [6.45, 7) is 4.48. The Morgan fingerprint density at radius 3 is 2.41 bits per heavy atom. The molecule has 2 aromatic heterocycles. The second-order valence-electron chi connectivity index (χ2n) is 5.74. The molecular weight excluding hydrogens is 276 g/mol. The van der Waals surface area contributed by atoms with Crippen LogP contribution in [0.2, 0.25) is 0 Å². The highest BCUT2D eigenvalue weighted by molar-refractivity contribution is 5.93. The minimum atomic E-state index is -0.0567. The Kier molecular flexibility index (Phi) is 4.75. The maximum atomic E-state index is 12.4. The fourth-order valence-corrected chi connectivity index (χ4v) is 2.32. The van der Waals surface area contributed by atoms with Crippen LogP contribution in [0.4, 0.5) is 5.82 Å². The molecule has 0 fully saturated rings. The quantitative estimate of drug-likeness (QED) is 0.870. The van der Waals surface area contributed by atoms with Crippen LogP contribution in [0.5, 0.6) is 0 Å². The topological polar surface area (TPSA) is 49.3 Å². The summed E-state index contributed by atoms with van der Waals surface area (Å²) in [6.07, 6.45) is 1.61. The number of carbonyl (C=O) groups is 1.